The lowest BCUT2D eigenvalue weighted by molar-refractivity contribution is -0.136. The van der Waals surface area contributed by atoms with Crippen molar-refractivity contribution < 1.29 is 33.7 Å². The average molecular weight is 533 g/mol. The molecule has 39 heavy (non-hydrogen) atoms. The van der Waals surface area contributed by atoms with Gasteiger partial charge in [0.15, 0.2) is 5.78 Å². The molecule has 0 bridgehead atoms. The van der Waals surface area contributed by atoms with Crippen molar-refractivity contribution in [2.24, 2.45) is 0 Å². The van der Waals surface area contributed by atoms with Crippen LogP contribution in [0.1, 0.15) is 76.4 Å². The number of para-hydroxylation sites is 1. The molecule has 0 aliphatic carbocycles. The Morgan fingerprint density at radius 1 is 0.744 bits per heavy atom. The molecule has 7 nitrogen and oxygen atoms in total. The maximum Gasteiger partial charge on any atom is 0.338 e. The fraction of sp³-hybridized carbons (Fsp3) is 0.344. The standard InChI is InChI=1S/C32H36O7/c1-3-38-32(36)27-14-10-13-25(22-27)31(35)26-16-18-29(24(21-26)17-19-30(33)34)39-20-9-5-4-6-11-23-12-7-8-15-28(23)37-2/h7-8,10,12-16,18,21-22H,3-6,9,11,17,19-20H2,1-2H3,(H,33,34). The zero-order chi connectivity index (χ0) is 28.0. The second-order valence-corrected chi connectivity index (χ2v) is 9.17. The van der Waals surface area contributed by atoms with E-state index < -0.39 is 11.9 Å². The van der Waals surface area contributed by atoms with Crippen LogP contribution in [0.25, 0.3) is 0 Å². The molecule has 7 heteroatoms. The van der Waals surface area contributed by atoms with Crippen LogP contribution in [-0.4, -0.2) is 43.2 Å². The van der Waals surface area contributed by atoms with Gasteiger partial charge in [-0.2, -0.15) is 0 Å². The number of ether oxygens (including phenoxy) is 3. The third-order valence-electron chi connectivity index (χ3n) is 6.36. The van der Waals surface area contributed by atoms with Gasteiger partial charge in [0.2, 0.25) is 0 Å². The van der Waals surface area contributed by atoms with E-state index in [4.69, 9.17) is 14.2 Å². The number of carboxylic acids is 1. The van der Waals surface area contributed by atoms with Gasteiger partial charge in [0.25, 0.3) is 0 Å². The molecule has 0 amide bonds. The van der Waals surface area contributed by atoms with Crippen LogP contribution in [0, 0.1) is 0 Å². The van der Waals surface area contributed by atoms with Gasteiger partial charge in [-0.05, 0) is 80.1 Å². The SMILES string of the molecule is CCOC(=O)c1cccc(C(=O)c2ccc(OCCCCCCc3ccccc3OC)c(CCC(=O)O)c2)c1. The first-order chi connectivity index (χ1) is 18.9. The Hall–Kier alpha value is -4.13. The second-order valence-electron chi connectivity index (χ2n) is 9.17. The normalized spacial score (nSPS) is 10.6. The van der Waals surface area contributed by atoms with Crippen LogP contribution in [0.4, 0.5) is 0 Å². The minimum absolute atomic E-state index is 0.0741. The Kier molecular flexibility index (Phi) is 11.6. The third-order valence-corrected chi connectivity index (χ3v) is 6.36. The summed E-state index contributed by atoms with van der Waals surface area (Å²) >= 11 is 0. The number of esters is 1. The number of ketones is 1. The summed E-state index contributed by atoms with van der Waals surface area (Å²) in [6, 6.07) is 19.5. The summed E-state index contributed by atoms with van der Waals surface area (Å²) in [5.41, 5.74) is 2.94. The van der Waals surface area contributed by atoms with Crippen molar-refractivity contribution in [3.05, 3.63) is 94.5 Å². The summed E-state index contributed by atoms with van der Waals surface area (Å²) in [6.07, 6.45) is 5.12. The molecule has 0 saturated carbocycles. The zero-order valence-electron chi connectivity index (χ0n) is 22.6. The highest BCUT2D eigenvalue weighted by atomic mass is 16.5. The smallest absolute Gasteiger partial charge is 0.338 e. The maximum absolute atomic E-state index is 13.2. The number of hydrogen-bond acceptors (Lipinski definition) is 6. The van der Waals surface area contributed by atoms with Crippen molar-refractivity contribution in [2.75, 3.05) is 20.3 Å². The molecule has 3 rings (SSSR count). The topological polar surface area (TPSA) is 99.1 Å². The summed E-state index contributed by atoms with van der Waals surface area (Å²) in [6.45, 7) is 2.47. The Bertz CT molecular complexity index is 1260. The molecule has 3 aromatic carbocycles. The van der Waals surface area contributed by atoms with Gasteiger partial charge < -0.3 is 19.3 Å². The maximum atomic E-state index is 13.2. The molecule has 3 aromatic rings. The van der Waals surface area contributed by atoms with Crippen molar-refractivity contribution in [3.8, 4) is 11.5 Å². The number of benzene rings is 3. The van der Waals surface area contributed by atoms with Gasteiger partial charge in [-0.3, -0.25) is 9.59 Å². The van der Waals surface area contributed by atoms with Crippen molar-refractivity contribution in [3.63, 3.8) is 0 Å². The molecule has 0 atom stereocenters. The Morgan fingerprint density at radius 2 is 1.49 bits per heavy atom. The predicted molar refractivity (Wildman–Crippen MR) is 149 cm³/mol. The number of aryl methyl sites for hydroxylation is 2. The Balaban J connectivity index is 1.58. The fourth-order valence-electron chi connectivity index (χ4n) is 4.33. The lowest BCUT2D eigenvalue weighted by Crippen LogP contribution is -2.09. The van der Waals surface area contributed by atoms with Gasteiger partial charge in [0.05, 0.1) is 25.9 Å². The van der Waals surface area contributed by atoms with Gasteiger partial charge >= 0.3 is 11.9 Å². The van der Waals surface area contributed by atoms with Gasteiger partial charge in [-0.1, -0.05) is 43.2 Å². The molecule has 0 fully saturated rings. The average Bonchev–Trinajstić information content (AvgIpc) is 2.95. The summed E-state index contributed by atoms with van der Waals surface area (Å²) < 4.78 is 16.4. The summed E-state index contributed by atoms with van der Waals surface area (Å²) in [5, 5.41) is 9.20. The van der Waals surface area contributed by atoms with E-state index in [9.17, 15) is 19.5 Å². The third kappa shape index (κ3) is 8.99. The van der Waals surface area contributed by atoms with Crippen LogP contribution in [0.5, 0.6) is 11.5 Å². The van der Waals surface area contributed by atoms with Gasteiger partial charge in [-0.15, -0.1) is 0 Å². The van der Waals surface area contributed by atoms with Crippen LogP contribution >= 0.6 is 0 Å². The van der Waals surface area contributed by atoms with Crippen LogP contribution in [0.3, 0.4) is 0 Å². The van der Waals surface area contributed by atoms with Crippen molar-refractivity contribution >= 4 is 17.7 Å². The van der Waals surface area contributed by atoms with E-state index in [2.05, 4.69) is 6.07 Å². The largest absolute Gasteiger partial charge is 0.496 e. The van der Waals surface area contributed by atoms with Gasteiger partial charge in [0, 0.05) is 17.5 Å². The van der Waals surface area contributed by atoms with Crippen LogP contribution in [0.15, 0.2) is 66.7 Å². The molecule has 206 valence electrons. The molecule has 0 radical (unpaired) electrons. The predicted octanol–water partition coefficient (Wildman–Crippen LogP) is 6.30. The minimum Gasteiger partial charge on any atom is -0.496 e. The zero-order valence-corrected chi connectivity index (χ0v) is 22.6. The van der Waals surface area contributed by atoms with Crippen molar-refractivity contribution in [2.45, 2.75) is 51.9 Å². The number of carboxylic acid groups (broad SMARTS) is 1. The molecular formula is C32H36O7. The molecule has 1 N–H and O–H groups in total. The van der Waals surface area contributed by atoms with Crippen molar-refractivity contribution in [1.29, 1.82) is 0 Å². The molecule has 0 aliphatic heterocycles. The fourth-order valence-corrected chi connectivity index (χ4v) is 4.33. The molecule has 0 unspecified atom stereocenters. The van der Waals surface area contributed by atoms with E-state index in [1.54, 1.807) is 50.4 Å². The van der Waals surface area contributed by atoms with Crippen LogP contribution in [-0.2, 0) is 22.4 Å². The molecular weight excluding hydrogens is 496 g/mol. The second kappa shape index (κ2) is 15.3. The highest BCUT2D eigenvalue weighted by Crippen LogP contribution is 2.25. The van der Waals surface area contributed by atoms with Crippen LogP contribution < -0.4 is 9.47 Å². The highest BCUT2D eigenvalue weighted by Gasteiger charge is 2.16. The molecule has 0 aliphatic rings. The van der Waals surface area contributed by atoms with Crippen LogP contribution in [0.2, 0.25) is 0 Å². The number of hydrogen-bond donors (Lipinski definition) is 1. The van der Waals surface area contributed by atoms with Crippen molar-refractivity contribution in [1.82, 2.24) is 0 Å². The number of rotatable bonds is 16. The first kappa shape index (κ1) is 29.4. The molecule has 0 heterocycles. The van der Waals surface area contributed by atoms with E-state index in [1.165, 1.54) is 11.6 Å². The number of aliphatic carboxylic acids is 1. The molecule has 0 spiro atoms. The summed E-state index contributed by atoms with van der Waals surface area (Å²) in [4.78, 5) is 36.5. The summed E-state index contributed by atoms with van der Waals surface area (Å²) in [5.74, 6) is -0.169. The summed E-state index contributed by atoms with van der Waals surface area (Å²) in [7, 11) is 1.69. The first-order valence-corrected chi connectivity index (χ1v) is 13.3. The number of methoxy groups -OCH3 is 1. The van der Waals surface area contributed by atoms with Gasteiger partial charge in [0.1, 0.15) is 11.5 Å². The van der Waals surface area contributed by atoms with E-state index in [1.807, 2.05) is 18.2 Å². The number of carbonyl (C=O) groups is 3. The Labute approximate surface area is 229 Å². The monoisotopic (exact) mass is 532 g/mol. The Morgan fingerprint density at radius 3 is 2.26 bits per heavy atom. The van der Waals surface area contributed by atoms with E-state index in [-0.39, 0.29) is 25.2 Å². The van der Waals surface area contributed by atoms with E-state index >= 15 is 0 Å². The number of unbranched alkanes of at least 4 members (excludes halogenated alkanes) is 3. The highest BCUT2D eigenvalue weighted by molar-refractivity contribution is 6.10. The molecule has 0 aromatic heterocycles. The quantitative estimate of drug-likeness (QED) is 0.131. The van der Waals surface area contributed by atoms with E-state index in [0.717, 1.165) is 37.9 Å². The number of carbonyl (C=O) groups excluding carboxylic acids is 2. The lowest BCUT2D eigenvalue weighted by atomic mass is 9.98. The molecule has 0 saturated heterocycles. The van der Waals surface area contributed by atoms with Gasteiger partial charge in [-0.25, -0.2) is 4.79 Å². The lowest BCUT2D eigenvalue weighted by Gasteiger charge is -2.13. The van der Waals surface area contributed by atoms with E-state index in [0.29, 0.717) is 34.6 Å². The minimum atomic E-state index is -0.921. The first-order valence-electron chi connectivity index (χ1n) is 13.3.